The van der Waals surface area contributed by atoms with E-state index >= 15 is 0 Å². The zero-order chi connectivity index (χ0) is 15.5. The van der Waals surface area contributed by atoms with Gasteiger partial charge >= 0.3 is 0 Å². The van der Waals surface area contributed by atoms with Gasteiger partial charge in [0.25, 0.3) is 5.91 Å². The summed E-state index contributed by atoms with van der Waals surface area (Å²) in [6.45, 7) is 1.28. The van der Waals surface area contributed by atoms with E-state index in [1.54, 1.807) is 12.1 Å². The van der Waals surface area contributed by atoms with E-state index in [0.29, 0.717) is 28.7 Å². The second kappa shape index (κ2) is 6.86. The van der Waals surface area contributed by atoms with Gasteiger partial charge in [0, 0.05) is 25.1 Å². The van der Waals surface area contributed by atoms with Gasteiger partial charge in [0.05, 0.1) is 21.9 Å². The molecule has 2 aliphatic rings. The van der Waals surface area contributed by atoms with Crippen LogP contribution in [0.3, 0.4) is 0 Å². The minimum Gasteiger partial charge on any atom is -0.382 e. The van der Waals surface area contributed by atoms with Crippen molar-refractivity contribution in [1.82, 2.24) is 5.32 Å². The fourth-order valence-electron chi connectivity index (χ4n) is 2.50. The molecular formula is C15H16Cl2N2O3. The number of amides is 1. The molecule has 1 aromatic carbocycles. The quantitative estimate of drug-likeness (QED) is 0.915. The third-order valence-corrected chi connectivity index (χ3v) is 4.48. The van der Waals surface area contributed by atoms with Gasteiger partial charge in [0.1, 0.15) is 0 Å². The monoisotopic (exact) mass is 342 g/mol. The van der Waals surface area contributed by atoms with Crippen molar-refractivity contribution in [3.8, 4) is 0 Å². The van der Waals surface area contributed by atoms with Crippen molar-refractivity contribution in [3.05, 3.63) is 33.8 Å². The molecule has 0 aromatic heterocycles. The Balaban J connectivity index is 1.54. The number of rotatable bonds is 4. The van der Waals surface area contributed by atoms with Crippen molar-refractivity contribution in [2.24, 2.45) is 5.16 Å². The smallest absolute Gasteiger partial charge is 0.264 e. The normalized spacial score (nSPS) is 24.0. The second-order valence-corrected chi connectivity index (χ2v) is 6.16. The van der Waals surface area contributed by atoms with Crippen molar-refractivity contribution in [1.29, 1.82) is 0 Å². The lowest BCUT2D eigenvalue weighted by Gasteiger charge is -2.13. The minimum atomic E-state index is -0.606. The molecule has 0 bridgehead atoms. The van der Waals surface area contributed by atoms with Crippen LogP contribution in [0.15, 0.2) is 23.4 Å². The molecule has 2 aliphatic heterocycles. The van der Waals surface area contributed by atoms with E-state index in [1.165, 1.54) is 0 Å². The highest BCUT2D eigenvalue weighted by molar-refractivity contribution is 6.42. The topological polar surface area (TPSA) is 59.9 Å². The molecule has 118 valence electrons. The molecule has 1 saturated heterocycles. The largest absolute Gasteiger partial charge is 0.382 e. The van der Waals surface area contributed by atoms with Crippen molar-refractivity contribution in [2.45, 2.75) is 31.5 Å². The first kappa shape index (κ1) is 15.6. The molecule has 22 heavy (non-hydrogen) atoms. The van der Waals surface area contributed by atoms with Crippen LogP contribution in [0.4, 0.5) is 0 Å². The molecule has 1 fully saturated rings. The predicted octanol–water partition coefficient (Wildman–Crippen LogP) is 2.78. The first-order chi connectivity index (χ1) is 10.6. The zero-order valence-corrected chi connectivity index (χ0v) is 13.4. The van der Waals surface area contributed by atoms with Crippen LogP contribution in [0.5, 0.6) is 0 Å². The summed E-state index contributed by atoms with van der Waals surface area (Å²) in [5.74, 6) is -0.172. The summed E-state index contributed by atoms with van der Waals surface area (Å²) >= 11 is 11.9. The number of ether oxygens (including phenoxy) is 1. The molecule has 2 atom stereocenters. The molecule has 3 rings (SSSR count). The molecule has 0 saturated carbocycles. The van der Waals surface area contributed by atoms with Gasteiger partial charge in [-0.25, -0.2) is 0 Å². The van der Waals surface area contributed by atoms with E-state index in [-0.39, 0.29) is 12.0 Å². The number of hydrogen-bond donors (Lipinski definition) is 1. The number of benzene rings is 1. The van der Waals surface area contributed by atoms with Crippen molar-refractivity contribution in [3.63, 3.8) is 0 Å². The van der Waals surface area contributed by atoms with Gasteiger partial charge in [0.15, 0.2) is 0 Å². The van der Waals surface area contributed by atoms with Crippen LogP contribution in [-0.2, 0) is 14.4 Å². The van der Waals surface area contributed by atoms with Crippen LogP contribution in [0.2, 0.25) is 10.0 Å². The Bertz CT molecular complexity index is 600. The molecule has 0 radical (unpaired) electrons. The lowest BCUT2D eigenvalue weighted by molar-refractivity contribution is -0.131. The minimum absolute atomic E-state index is 0.112. The van der Waals surface area contributed by atoms with Crippen LogP contribution in [-0.4, -0.2) is 37.0 Å². The molecule has 0 unspecified atom stereocenters. The second-order valence-electron chi connectivity index (χ2n) is 5.35. The Kier molecular flexibility index (Phi) is 4.86. The van der Waals surface area contributed by atoms with Gasteiger partial charge in [-0.3, -0.25) is 4.79 Å². The Morgan fingerprint density at radius 2 is 2.23 bits per heavy atom. The summed E-state index contributed by atoms with van der Waals surface area (Å²) in [7, 11) is 0. The van der Waals surface area contributed by atoms with Gasteiger partial charge in [-0.05, 0) is 25.0 Å². The molecule has 0 spiro atoms. The van der Waals surface area contributed by atoms with E-state index in [0.717, 1.165) is 25.0 Å². The maximum Gasteiger partial charge on any atom is 0.264 e. The van der Waals surface area contributed by atoms with E-state index in [4.69, 9.17) is 32.8 Å². The summed E-state index contributed by atoms with van der Waals surface area (Å²) in [4.78, 5) is 17.3. The fourth-order valence-corrected chi connectivity index (χ4v) is 2.80. The lowest BCUT2D eigenvalue weighted by Crippen LogP contribution is -2.39. The van der Waals surface area contributed by atoms with Crippen molar-refractivity contribution < 1.29 is 14.4 Å². The van der Waals surface area contributed by atoms with E-state index in [2.05, 4.69) is 10.5 Å². The third-order valence-electron chi connectivity index (χ3n) is 3.74. The maximum atomic E-state index is 12.1. The number of halogens is 2. The van der Waals surface area contributed by atoms with Gasteiger partial charge < -0.3 is 14.9 Å². The molecular weight excluding hydrogens is 327 g/mol. The summed E-state index contributed by atoms with van der Waals surface area (Å²) < 4.78 is 5.47. The molecule has 1 N–H and O–H groups in total. The van der Waals surface area contributed by atoms with Crippen LogP contribution < -0.4 is 5.32 Å². The molecule has 2 heterocycles. The van der Waals surface area contributed by atoms with E-state index in [9.17, 15) is 4.79 Å². The number of carbonyl (C=O) groups is 1. The van der Waals surface area contributed by atoms with Gasteiger partial charge in [-0.15, -0.1) is 0 Å². The number of carbonyl (C=O) groups excluding carboxylic acids is 1. The number of nitrogens with zero attached hydrogens (tertiary/aromatic N) is 1. The number of oxime groups is 1. The lowest BCUT2D eigenvalue weighted by atomic mass is 10.0. The summed E-state index contributed by atoms with van der Waals surface area (Å²) in [5.41, 5.74) is 1.50. The Morgan fingerprint density at radius 3 is 2.95 bits per heavy atom. The third kappa shape index (κ3) is 3.54. The summed E-state index contributed by atoms with van der Waals surface area (Å²) in [6, 6.07) is 5.23. The van der Waals surface area contributed by atoms with Crippen LogP contribution >= 0.6 is 23.2 Å². The van der Waals surface area contributed by atoms with Crippen LogP contribution in [0.25, 0.3) is 0 Å². The van der Waals surface area contributed by atoms with Gasteiger partial charge in [0.2, 0.25) is 6.10 Å². The summed E-state index contributed by atoms with van der Waals surface area (Å²) in [6.07, 6.45) is 1.95. The van der Waals surface area contributed by atoms with Crippen molar-refractivity contribution in [2.75, 3.05) is 13.2 Å². The molecule has 1 aromatic rings. The average molecular weight is 343 g/mol. The SMILES string of the molecule is O=C(NC[C@@H]1CCCO1)[C@@H]1CC(c2ccc(Cl)c(Cl)c2)=NO1. The fraction of sp³-hybridized carbons (Fsp3) is 0.467. The van der Waals surface area contributed by atoms with Crippen molar-refractivity contribution >= 4 is 34.8 Å². The Hall–Kier alpha value is -1.30. The first-order valence-corrected chi connectivity index (χ1v) is 7.96. The Labute approximate surface area is 138 Å². The standard InChI is InChI=1S/C15H16Cl2N2O3/c16-11-4-3-9(6-12(11)17)13-7-14(22-19-13)15(20)18-8-10-2-1-5-21-10/h3-4,6,10,14H,1-2,5,7-8H2,(H,18,20)/t10-,14-/m0/s1. The summed E-state index contributed by atoms with van der Waals surface area (Å²) in [5, 5.41) is 7.77. The zero-order valence-electron chi connectivity index (χ0n) is 11.9. The highest BCUT2D eigenvalue weighted by Gasteiger charge is 2.29. The molecule has 7 heteroatoms. The Morgan fingerprint density at radius 1 is 1.36 bits per heavy atom. The predicted molar refractivity (Wildman–Crippen MR) is 84.5 cm³/mol. The maximum absolute atomic E-state index is 12.1. The number of hydrogen-bond acceptors (Lipinski definition) is 4. The van der Waals surface area contributed by atoms with Crippen LogP contribution in [0.1, 0.15) is 24.8 Å². The van der Waals surface area contributed by atoms with Gasteiger partial charge in [-0.1, -0.05) is 34.4 Å². The average Bonchev–Trinajstić information content (AvgIpc) is 3.18. The molecule has 1 amide bonds. The highest BCUT2D eigenvalue weighted by Crippen LogP contribution is 2.25. The van der Waals surface area contributed by atoms with E-state index in [1.807, 2.05) is 6.07 Å². The first-order valence-electron chi connectivity index (χ1n) is 7.21. The van der Waals surface area contributed by atoms with Gasteiger partial charge in [-0.2, -0.15) is 0 Å². The highest BCUT2D eigenvalue weighted by atomic mass is 35.5. The number of nitrogens with one attached hydrogen (secondary N) is 1. The molecule has 5 nitrogen and oxygen atoms in total. The molecule has 0 aliphatic carbocycles. The van der Waals surface area contributed by atoms with Crippen LogP contribution in [0, 0.1) is 0 Å². The van der Waals surface area contributed by atoms with E-state index < -0.39 is 6.10 Å².